The predicted molar refractivity (Wildman–Crippen MR) is 343 cm³/mol. The second-order valence-electron chi connectivity index (χ2n) is 25.4. The van der Waals surface area contributed by atoms with Crippen LogP contribution in [-0.4, -0.2) is 286 Å². The maximum absolute atomic E-state index is 17.1. The van der Waals surface area contributed by atoms with Crippen molar-refractivity contribution in [2.24, 2.45) is 0 Å². The molecule has 0 bridgehead atoms. The van der Waals surface area contributed by atoms with Gasteiger partial charge in [0.1, 0.15) is 30.2 Å². The van der Waals surface area contributed by atoms with Crippen molar-refractivity contribution in [1.29, 1.82) is 0 Å². The maximum Gasteiger partial charge on any atom is 0.326 e. The summed E-state index contributed by atoms with van der Waals surface area (Å²) < 4.78 is 17.1. The van der Waals surface area contributed by atoms with Gasteiger partial charge in [-0.05, 0) is 72.3 Å². The lowest BCUT2D eigenvalue weighted by molar-refractivity contribution is -0.143. The fourth-order valence-electron chi connectivity index (χ4n) is 10.7. The minimum atomic E-state index is -3.74. The molecule has 0 aromatic heterocycles. The van der Waals surface area contributed by atoms with E-state index in [1.54, 1.807) is 9.80 Å². The minimum Gasteiger partial charge on any atom is -0.481 e. The van der Waals surface area contributed by atoms with E-state index in [0.717, 1.165) is 0 Å². The van der Waals surface area contributed by atoms with Gasteiger partial charge in [0.15, 0.2) is 0 Å². The highest BCUT2D eigenvalue weighted by atomic mass is 28.4. The molecule has 0 spiro atoms. The first-order chi connectivity index (χ1) is 45.2. The van der Waals surface area contributed by atoms with E-state index < -0.39 is 190 Å². The van der Waals surface area contributed by atoms with Crippen LogP contribution >= 0.6 is 0 Å². The van der Waals surface area contributed by atoms with Crippen LogP contribution in [0.3, 0.4) is 0 Å². The third kappa shape index (κ3) is 32.1. The smallest absolute Gasteiger partial charge is 0.326 e. The molecule has 1 aliphatic heterocycles. The van der Waals surface area contributed by atoms with Crippen LogP contribution in [0, 0.1) is 0 Å². The molecular weight excluding hydrogens is 1300 g/mol. The summed E-state index contributed by atoms with van der Waals surface area (Å²) in [5.74, 6) is -15.7. The molecule has 1 saturated heterocycles. The number of urea groups is 1. The quantitative estimate of drug-likeness (QED) is 0.0193. The van der Waals surface area contributed by atoms with Crippen molar-refractivity contribution in [3.05, 3.63) is 29.8 Å². The Balaban J connectivity index is 2.11. The number of hydrogen-bond donors (Lipinski definition) is 16. The number of halogens is 1. The molecule has 544 valence electrons. The Morgan fingerprint density at radius 3 is 1.19 bits per heavy atom. The summed E-state index contributed by atoms with van der Waals surface area (Å²) in [5, 5.41) is 94.0. The van der Waals surface area contributed by atoms with Gasteiger partial charge in [-0.25, -0.2) is 24.0 Å². The first-order valence-corrected chi connectivity index (χ1v) is 33.4. The van der Waals surface area contributed by atoms with Crippen LogP contribution in [-0.2, 0) is 62.3 Å². The largest absolute Gasteiger partial charge is 0.481 e. The molecule has 2 rings (SSSR count). The molecule has 0 radical (unpaired) electrons. The third-order valence-electron chi connectivity index (χ3n) is 15.7. The fourth-order valence-corrected chi connectivity index (χ4v) is 15.3. The van der Waals surface area contributed by atoms with Gasteiger partial charge in [0.2, 0.25) is 29.5 Å². The van der Waals surface area contributed by atoms with Crippen LogP contribution in [0.5, 0.6) is 0 Å². The second kappa shape index (κ2) is 41.2. The Kier molecular flexibility index (Phi) is 35.8. The van der Waals surface area contributed by atoms with Crippen molar-refractivity contribution in [2.45, 2.75) is 152 Å². The van der Waals surface area contributed by atoms with E-state index in [1.807, 2.05) is 52.2 Å². The zero-order valence-corrected chi connectivity index (χ0v) is 56.4. The number of unbranched alkanes of at least 4 members (excludes halogenated alkanes) is 1. The van der Waals surface area contributed by atoms with Crippen molar-refractivity contribution >= 4 is 103 Å². The molecule has 1 fully saturated rings. The molecule has 35 nitrogen and oxygen atoms in total. The lowest BCUT2D eigenvalue weighted by Gasteiger charge is -2.44. The molecule has 1 aromatic carbocycles. The number of rotatable bonds is 40. The first-order valence-electron chi connectivity index (χ1n) is 31.5. The molecule has 1 aromatic rings. The van der Waals surface area contributed by atoms with Gasteiger partial charge < -0.3 is 87.5 Å². The van der Waals surface area contributed by atoms with Crippen molar-refractivity contribution in [3.63, 3.8) is 0 Å². The topological polar surface area (TPSA) is 527 Å². The molecule has 0 unspecified atom stereocenters. The van der Waals surface area contributed by atoms with Crippen LogP contribution in [0.2, 0.25) is 10.1 Å². The number of carbonyl (C=O) groups is 15. The van der Waals surface area contributed by atoms with Crippen molar-refractivity contribution in [3.8, 4) is 0 Å². The van der Waals surface area contributed by atoms with E-state index in [0.29, 0.717) is 5.19 Å². The van der Waals surface area contributed by atoms with E-state index in [9.17, 15) is 108 Å². The van der Waals surface area contributed by atoms with Crippen molar-refractivity contribution in [2.75, 3.05) is 98.2 Å². The highest BCUT2D eigenvalue weighted by Gasteiger charge is 2.56. The van der Waals surface area contributed by atoms with Gasteiger partial charge in [-0.3, -0.25) is 67.5 Å². The fraction of sp³-hybridized carbons (Fsp3) is 0.650. The third-order valence-corrected chi connectivity index (χ3v) is 20.9. The van der Waals surface area contributed by atoms with Crippen LogP contribution in [0.1, 0.15) is 123 Å². The Morgan fingerprint density at radius 2 is 0.784 bits per heavy atom. The lowest BCUT2D eigenvalue weighted by atomic mass is 10.1. The molecule has 1 heterocycles. The number of carboxylic acids is 8. The summed E-state index contributed by atoms with van der Waals surface area (Å²) in [4.78, 5) is 192. The van der Waals surface area contributed by atoms with Crippen molar-refractivity contribution in [1.82, 2.24) is 62.1 Å². The van der Waals surface area contributed by atoms with Gasteiger partial charge in [0, 0.05) is 103 Å². The number of hydrogen-bond acceptors (Lipinski definition) is 19. The Hall–Kier alpha value is -8.94. The molecule has 8 amide bonds. The molecule has 0 aliphatic carbocycles. The summed E-state index contributed by atoms with van der Waals surface area (Å²) in [6.07, 6.45) is -3.03. The molecule has 5 atom stereocenters. The summed E-state index contributed by atoms with van der Waals surface area (Å²) in [7, 11) is -3.74. The standard InChI is InChI=1S/C60H95FN12O23Si/c1-59(2,3)97(61,60(4,5)6)38-14-12-37(13-15-38)52(86)64-32-43(66-47(77)33-70-24-26-71(34-49(80)81)28-30-73(36-51(84)85)31-29-72(27-25-70)35-50(82)83)53(87)67-40(55(90)91)10-7-8-22-62-44(74)19-20-45(75)63-23-9-11-39(54(88)89)65-46(76)18-16-41(56(92)93)68-58(96)69-42(57(94)95)17-21-48(78)79/h12-15,39-43H,7-11,16-36H2,1-6H3,(H,62,74)(H,63,75)(H,64,86)(H,65,76)(H,66,77)(H,67,87)(H,78,79)(H,80,81)(H,82,83)(H,84,85)(H,88,89)(H,90,91)(H,92,93)(H,94,95)(H2,68,69,96)/t39-,40-,41-,42-,43-/m0/s1. The minimum absolute atomic E-state index is 0.00362. The van der Waals surface area contributed by atoms with E-state index in [2.05, 4.69) is 31.9 Å². The van der Waals surface area contributed by atoms with E-state index in [4.69, 9.17) is 5.11 Å². The number of carbonyl (C=O) groups excluding carboxylic acids is 7. The molecule has 16 N–H and O–H groups in total. The Bertz CT molecular complexity index is 2870. The molecule has 37 heteroatoms. The number of aliphatic carboxylic acids is 8. The van der Waals surface area contributed by atoms with Crippen LogP contribution in [0.4, 0.5) is 8.90 Å². The summed E-state index contributed by atoms with van der Waals surface area (Å²) >= 11 is 0. The monoisotopic (exact) mass is 1400 g/mol. The molecular formula is C60H95FN12O23Si. The number of nitrogens with zero attached hydrogens (tertiary/aromatic N) is 4. The number of nitrogens with one attached hydrogen (secondary N) is 8. The normalized spacial score (nSPS) is 15.5. The van der Waals surface area contributed by atoms with Crippen molar-refractivity contribution < 1.29 is 117 Å². The van der Waals surface area contributed by atoms with Gasteiger partial charge in [-0.2, -0.15) is 0 Å². The Labute approximate surface area is 560 Å². The van der Waals surface area contributed by atoms with Gasteiger partial charge in [0.05, 0.1) is 26.2 Å². The SMILES string of the molecule is CC(C)(C)[Si](F)(c1ccc(C(=O)NC[C@H](NC(=O)CN2CCN(CC(=O)O)CCN(CC(=O)O)CCN(CC(=O)O)CC2)C(=O)N[C@@H](CCCCNC(=O)CCC(=O)NCCC[C@H](NC(=O)CC[C@H](NC(=O)N[C@@H](CCC(=O)O)C(=O)O)C(=O)O)C(=O)O)C(=O)O)cc1)C(C)(C)C. The highest BCUT2D eigenvalue weighted by Crippen LogP contribution is 2.51. The maximum atomic E-state index is 17.1. The number of amides is 8. The van der Waals surface area contributed by atoms with Crippen LogP contribution < -0.4 is 47.7 Å². The lowest BCUT2D eigenvalue weighted by Crippen LogP contribution is -2.58. The zero-order valence-electron chi connectivity index (χ0n) is 55.4. The average molecular weight is 1400 g/mol. The van der Waals surface area contributed by atoms with Gasteiger partial charge in [0.25, 0.3) is 14.3 Å². The van der Waals surface area contributed by atoms with Crippen LogP contribution in [0.15, 0.2) is 24.3 Å². The second-order valence-corrected chi connectivity index (χ2v) is 30.3. The highest BCUT2D eigenvalue weighted by molar-refractivity contribution is 6.90. The summed E-state index contributed by atoms with van der Waals surface area (Å²) in [5.41, 5.74) is 0.0755. The average Bonchev–Trinajstić information content (AvgIpc) is 0.749. The predicted octanol–water partition coefficient (Wildman–Crippen LogP) is -1.95. The van der Waals surface area contributed by atoms with Gasteiger partial charge in [-0.15, -0.1) is 0 Å². The summed E-state index contributed by atoms with van der Waals surface area (Å²) in [6.45, 7) is 9.06. The van der Waals surface area contributed by atoms with Gasteiger partial charge >= 0.3 is 53.8 Å². The number of benzene rings is 1. The van der Waals surface area contributed by atoms with Gasteiger partial charge in [-0.1, -0.05) is 53.7 Å². The van der Waals surface area contributed by atoms with E-state index >= 15 is 4.11 Å². The molecule has 97 heavy (non-hydrogen) atoms. The Morgan fingerprint density at radius 1 is 0.412 bits per heavy atom. The van der Waals surface area contributed by atoms with Crippen LogP contribution in [0.25, 0.3) is 0 Å². The zero-order chi connectivity index (χ0) is 73.4. The number of carboxylic acid groups (broad SMARTS) is 8. The summed E-state index contributed by atoms with van der Waals surface area (Å²) in [6, 6.07) is -3.44. The molecule has 1 aliphatic rings. The molecule has 0 saturated carbocycles. The van der Waals surface area contributed by atoms with E-state index in [-0.39, 0.29) is 123 Å². The van der Waals surface area contributed by atoms with E-state index in [1.165, 1.54) is 34.1 Å². The first kappa shape index (κ1) is 84.1.